The van der Waals surface area contributed by atoms with Crippen molar-refractivity contribution >= 4 is 17.5 Å². The first kappa shape index (κ1) is 14.3. The van der Waals surface area contributed by atoms with E-state index in [9.17, 15) is 9.59 Å². The molecule has 1 atom stereocenters. The number of fused-ring (bicyclic) bond motifs is 1. The number of anilines is 1. The topological polar surface area (TPSA) is 70.7 Å². The zero-order chi connectivity index (χ0) is 14.7. The highest BCUT2D eigenvalue weighted by molar-refractivity contribution is 5.95. The molecule has 0 saturated heterocycles. The highest BCUT2D eigenvalue weighted by Crippen LogP contribution is 2.30. The van der Waals surface area contributed by atoms with Crippen LogP contribution in [-0.2, 0) is 9.59 Å². The van der Waals surface area contributed by atoms with E-state index in [1.165, 1.54) is 0 Å². The van der Waals surface area contributed by atoms with Crippen LogP contribution in [0.15, 0.2) is 18.2 Å². The van der Waals surface area contributed by atoms with E-state index in [2.05, 4.69) is 10.6 Å². The Morgan fingerprint density at radius 1 is 1.50 bits per heavy atom. The maximum atomic E-state index is 11.5. The molecule has 0 aliphatic carbocycles. The minimum Gasteiger partial charge on any atom is -0.482 e. The van der Waals surface area contributed by atoms with E-state index in [1.54, 1.807) is 19.0 Å². The summed E-state index contributed by atoms with van der Waals surface area (Å²) in [6, 6.07) is 5.62. The van der Waals surface area contributed by atoms with Crippen LogP contribution in [0.25, 0.3) is 0 Å². The van der Waals surface area contributed by atoms with Crippen molar-refractivity contribution in [3.63, 3.8) is 0 Å². The lowest BCUT2D eigenvalue weighted by molar-refractivity contribution is -0.127. The molecule has 1 heterocycles. The molecule has 0 bridgehead atoms. The van der Waals surface area contributed by atoms with Gasteiger partial charge in [-0.05, 0) is 24.6 Å². The van der Waals surface area contributed by atoms with Gasteiger partial charge in [0.1, 0.15) is 5.75 Å². The Balaban J connectivity index is 2.03. The number of nitrogens with zero attached hydrogens (tertiary/aromatic N) is 1. The van der Waals surface area contributed by atoms with Gasteiger partial charge in [0, 0.05) is 20.1 Å². The lowest BCUT2D eigenvalue weighted by Crippen LogP contribution is -2.34. The van der Waals surface area contributed by atoms with E-state index in [4.69, 9.17) is 4.74 Å². The average Bonchev–Trinajstić information content (AvgIpc) is 2.43. The molecule has 20 heavy (non-hydrogen) atoms. The smallest absolute Gasteiger partial charge is 0.262 e. The summed E-state index contributed by atoms with van der Waals surface area (Å²) in [6.45, 7) is 2.29. The molecule has 0 radical (unpaired) electrons. The number of carbonyl (C=O) groups excluding carboxylic acids is 2. The molecule has 0 fully saturated rings. The third-order valence-corrected chi connectivity index (χ3v) is 3.19. The third kappa shape index (κ3) is 3.27. The van der Waals surface area contributed by atoms with Gasteiger partial charge >= 0.3 is 0 Å². The number of rotatable bonds is 4. The zero-order valence-corrected chi connectivity index (χ0v) is 11.9. The third-order valence-electron chi connectivity index (χ3n) is 3.19. The number of amides is 2. The SMILES string of the molecule is CC(NCC(=O)N(C)C)c1ccc2c(c1)NC(=O)CO2. The lowest BCUT2D eigenvalue weighted by Gasteiger charge is -2.21. The van der Waals surface area contributed by atoms with Crippen molar-refractivity contribution in [2.24, 2.45) is 0 Å². The summed E-state index contributed by atoms with van der Waals surface area (Å²) in [5, 5.41) is 5.92. The van der Waals surface area contributed by atoms with Crippen LogP contribution < -0.4 is 15.4 Å². The molecule has 0 spiro atoms. The van der Waals surface area contributed by atoms with Crippen LogP contribution in [0.5, 0.6) is 5.75 Å². The van der Waals surface area contributed by atoms with Gasteiger partial charge in [0.05, 0.1) is 12.2 Å². The van der Waals surface area contributed by atoms with Gasteiger partial charge in [-0.3, -0.25) is 9.59 Å². The molecular formula is C14H19N3O3. The van der Waals surface area contributed by atoms with Crippen molar-refractivity contribution in [1.82, 2.24) is 10.2 Å². The summed E-state index contributed by atoms with van der Waals surface area (Å²) in [6.07, 6.45) is 0. The Labute approximate surface area is 118 Å². The summed E-state index contributed by atoms with van der Waals surface area (Å²) in [5.41, 5.74) is 1.66. The van der Waals surface area contributed by atoms with Crippen molar-refractivity contribution in [3.8, 4) is 5.75 Å². The van der Waals surface area contributed by atoms with Crippen LogP contribution in [0.1, 0.15) is 18.5 Å². The Morgan fingerprint density at radius 2 is 2.25 bits per heavy atom. The number of ether oxygens (including phenoxy) is 1. The number of hydrogen-bond acceptors (Lipinski definition) is 4. The molecule has 1 aromatic carbocycles. The molecule has 2 rings (SSSR count). The molecule has 108 valence electrons. The van der Waals surface area contributed by atoms with Gasteiger partial charge in [0.2, 0.25) is 5.91 Å². The van der Waals surface area contributed by atoms with Crippen LogP contribution in [0, 0.1) is 0 Å². The number of nitrogens with one attached hydrogen (secondary N) is 2. The maximum Gasteiger partial charge on any atom is 0.262 e. The highest BCUT2D eigenvalue weighted by atomic mass is 16.5. The fourth-order valence-electron chi connectivity index (χ4n) is 1.89. The fraction of sp³-hybridized carbons (Fsp3) is 0.429. The van der Waals surface area contributed by atoms with Crippen molar-refractivity contribution in [1.29, 1.82) is 0 Å². The van der Waals surface area contributed by atoms with Crippen LogP contribution in [0.4, 0.5) is 5.69 Å². The van der Waals surface area contributed by atoms with E-state index in [0.717, 1.165) is 5.56 Å². The summed E-state index contributed by atoms with van der Waals surface area (Å²) in [4.78, 5) is 24.4. The van der Waals surface area contributed by atoms with Crippen LogP contribution in [0.2, 0.25) is 0 Å². The molecule has 2 amide bonds. The van der Waals surface area contributed by atoms with E-state index in [1.807, 2.05) is 25.1 Å². The normalized spacial score (nSPS) is 14.8. The minimum atomic E-state index is -0.155. The summed E-state index contributed by atoms with van der Waals surface area (Å²) >= 11 is 0. The van der Waals surface area contributed by atoms with Gasteiger partial charge in [-0.2, -0.15) is 0 Å². The minimum absolute atomic E-state index is 0.00280. The molecule has 1 aliphatic rings. The molecule has 0 aromatic heterocycles. The Kier molecular flexibility index (Phi) is 4.24. The first-order valence-electron chi connectivity index (χ1n) is 6.47. The number of hydrogen-bond donors (Lipinski definition) is 2. The van der Waals surface area contributed by atoms with Crippen molar-refractivity contribution < 1.29 is 14.3 Å². The zero-order valence-electron chi connectivity index (χ0n) is 11.9. The Bertz CT molecular complexity index is 528. The van der Waals surface area contributed by atoms with Crippen LogP contribution in [-0.4, -0.2) is 44.0 Å². The predicted octanol–water partition coefficient (Wildman–Crippen LogP) is 0.756. The predicted molar refractivity (Wildman–Crippen MR) is 75.7 cm³/mol. The molecule has 1 unspecified atom stereocenters. The van der Waals surface area contributed by atoms with Crippen molar-refractivity contribution in [2.75, 3.05) is 32.6 Å². The van der Waals surface area contributed by atoms with Crippen molar-refractivity contribution in [3.05, 3.63) is 23.8 Å². The van der Waals surface area contributed by atoms with Gasteiger partial charge in [0.25, 0.3) is 5.91 Å². The van der Waals surface area contributed by atoms with Gasteiger partial charge in [-0.25, -0.2) is 0 Å². The highest BCUT2D eigenvalue weighted by Gasteiger charge is 2.17. The molecule has 1 aromatic rings. The first-order valence-corrected chi connectivity index (χ1v) is 6.47. The first-order chi connectivity index (χ1) is 9.47. The molecule has 2 N–H and O–H groups in total. The van der Waals surface area contributed by atoms with Gasteiger partial charge in [-0.15, -0.1) is 0 Å². The molecule has 6 nitrogen and oxygen atoms in total. The summed E-state index contributed by atoms with van der Waals surface area (Å²) in [7, 11) is 3.45. The number of benzene rings is 1. The largest absolute Gasteiger partial charge is 0.482 e. The van der Waals surface area contributed by atoms with E-state index < -0.39 is 0 Å². The average molecular weight is 277 g/mol. The van der Waals surface area contributed by atoms with Crippen LogP contribution >= 0.6 is 0 Å². The maximum absolute atomic E-state index is 11.5. The second kappa shape index (κ2) is 5.92. The van der Waals surface area contributed by atoms with E-state index in [0.29, 0.717) is 11.4 Å². The summed E-state index contributed by atoms with van der Waals surface area (Å²) < 4.78 is 5.31. The van der Waals surface area contributed by atoms with Crippen molar-refractivity contribution in [2.45, 2.75) is 13.0 Å². The van der Waals surface area contributed by atoms with Gasteiger partial charge in [-0.1, -0.05) is 6.07 Å². The van der Waals surface area contributed by atoms with E-state index >= 15 is 0 Å². The van der Waals surface area contributed by atoms with Gasteiger partial charge in [0.15, 0.2) is 6.61 Å². The molecular weight excluding hydrogens is 258 g/mol. The van der Waals surface area contributed by atoms with E-state index in [-0.39, 0.29) is 31.0 Å². The standard InChI is InChI=1S/C14H19N3O3/c1-9(15-7-14(19)17(2)3)10-4-5-12-11(6-10)16-13(18)8-20-12/h4-6,9,15H,7-8H2,1-3H3,(H,16,18). The number of likely N-dealkylation sites (N-methyl/N-ethyl adjacent to an activating group) is 1. The number of carbonyl (C=O) groups is 2. The van der Waals surface area contributed by atoms with Crippen LogP contribution in [0.3, 0.4) is 0 Å². The molecule has 0 saturated carbocycles. The molecule has 6 heteroatoms. The summed E-state index contributed by atoms with van der Waals surface area (Å²) in [5.74, 6) is 0.536. The second-order valence-corrected chi connectivity index (χ2v) is 4.98. The molecule has 1 aliphatic heterocycles. The Hall–Kier alpha value is -2.08. The Morgan fingerprint density at radius 3 is 2.95 bits per heavy atom. The quantitative estimate of drug-likeness (QED) is 0.852. The fourth-order valence-corrected chi connectivity index (χ4v) is 1.89. The van der Waals surface area contributed by atoms with Gasteiger partial charge < -0.3 is 20.3 Å². The lowest BCUT2D eigenvalue weighted by atomic mass is 10.1. The second-order valence-electron chi connectivity index (χ2n) is 4.98. The monoisotopic (exact) mass is 277 g/mol.